The summed E-state index contributed by atoms with van der Waals surface area (Å²) >= 11 is 0. The highest BCUT2D eigenvalue weighted by Crippen LogP contribution is 2.25. The van der Waals surface area contributed by atoms with Gasteiger partial charge in [-0.1, -0.05) is 18.2 Å². The lowest BCUT2D eigenvalue weighted by Crippen LogP contribution is -2.36. The SMILES string of the molecule is CN(CC(O)c1ccc(OS(=O)(=O)c2cccc3nonc23)cc1)C(=O)OC(C)(C)C. The maximum Gasteiger partial charge on any atom is 0.410 e. The molecular weight excluding hydrogens is 426 g/mol. The molecule has 0 fully saturated rings. The fourth-order valence-corrected chi connectivity index (χ4v) is 3.76. The van der Waals surface area contributed by atoms with Crippen molar-refractivity contribution in [3.8, 4) is 5.75 Å². The van der Waals surface area contributed by atoms with Gasteiger partial charge in [-0.15, -0.1) is 0 Å². The summed E-state index contributed by atoms with van der Waals surface area (Å²) in [6.45, 7) is 5.25. The van der Waals surface area contributed by atoms with Gasteiger partial charge in [0.25, 0.3) is 0 Å². The number of nitrogens with zero attached hydrogens (tertiary/aromatic N) is 3. The molecule has 0 spiro atoms. The molecule has 1 unspecified atom stereocenters. The maximum atomic E-state index is 12.6. The van der Waals surface area contributed by atoms with Crippen LogP contribution in [0.4, 0.5) is 4.79 Å². The van der Waals surface area contributed by atoms with Crippen LogP contribution < -0.4 is 4.18 Å². The van der Waals surface area contributed by atoms with Gasteiger partial charge in [-0.2, -0.15) is 8.42 Å². The van der Waals surface area contributed by atoms with Crippen molar-refractivity contribution < 1.29 is 31.9 Å². The summed E-state index contributed by atoms with van der Waals surface area (Å²) in [5, 5.41) is 17.6. The molecule has 1 heterocycles. The van der Waals surface area contributed by atoms with E-state index in [2.05, 4.69) is 14.9 Å². The van der Waals surface area contributed by atoms with Crippen LogP contribution in [0.1, 0.15) is 32.4 Å². The van der Waals surface area contributed by atoms with Gasteiger partial charge >= 0.3 is 16.2 Å². The van der Waals surface area contributed by atoms with E-state index in [4.69, 9.17) is 8.92 Å². The molecule has 31 heavy (non-hydrogen) atoms. The van der Waals surface area contributed by atoms with Crippen LogP contribution in [-0.4, -0.2) is 54.0 Å². The number of aliphatic hydroxyl groups excluding tert-OH is 1. The Morgan fingerprint density at radius 2 is 1.84 bits per heavy atom. The number of benzene rings is 2. The molecule has 2 aromatic carbocycles. The first kappa shape index (κ1) is 22.5. The Labute approximate surface area is 179 Å². The number of rotatable bonds is 6. The van der Waals surface area contributed by atoms with Crippen molar-refractivity contribution in [3.05, 3.63) is 48.0 Å². The molecule has 1 atom stereocenters. The third kappa shape index (κ3) is 5.50. The molecule has 1 amide bonds. The standard InChI is InChI=1S/C20H23N3O7S/c1-20(2,3)28-19(25)23(4)12-16(24)13-8-10-14(11-9-13)29-31(26,27)17-7-5-6-15-18(17)22-30-21-15/h5-11,16,24H,12H2,1-4H3. The molecule has 166 valence electrons. The molecule has 10 nitrogen and oxygen atoms in total. The molecule has 0 bridgehead atoms. The number of amides is 1. The lowest BCUT2D eigenvalue weighted by molar-refractivity contribution is 0.0205. The van der Waals surface area contributed by atoms with Crippen LogP contribution in [0.25, 0.3) is 11.0 Å². The smallest absolute Gasteiger partial charge is 0.410 e. The Morgan fingerprint density at radius 1 is 1.16 bits per heavy atom. The zero-order valence-electron chi connectivity index (χ0n) is 17.5. The molecule has 3 rings (SSSR count). The van der Waals surface area contributed by atoms with Crippen molar-refractivity contribution >= 4 is 27.2 Å². The van der Waals surface area contributed by atoms with Crippen molar-refractivity contribution in [1.82, 2.24) is 15.2 Å². The van der Waals surface area contributed by atoms with Crippen LogP contribution in [0, 0.1) is 0 Å². The molecule has 0 aliphatic rings. The van der Waals surface area contributed by atoms with E-state index in [0.29, 0.717) is 5.56 Å². The summed E-state index contributed by atoms with van der Waals surface area (Å²) in [7, 11) is -2.67. The fraction of sp³-hybridized carbons (Fsp3) is 0.350. The first-order valence-electron chi connectivity index (χ1n) is 9.34. The summed E-state index contributed by atoms with van der Waals surface area (Å²) in [4.78, 5) is 13.1. The summed E-state index contributed by atoms with van der Waals surface area (Å²) in [6, 6.07) is 10.2. The third-order valence-electron chi connectivity index (χ3n) is 4.14. The van der Waals surface area contributed by atoms with Gasteiger partial charge in [-0.3, -0.25) is 0 Å². The summed E-state index contributed by atoms with van der Waals surface area (Å²) in [5.74, 6) is 0.0462. The molecule has 1 aromatic heterocycles. The van der Waals surface area contributed by atoms with E-state index >= 15 is 0 Å². The number of hydrogen-bond donors (Lipinski definition) is 1. The quantitative estimate of drug-likeness (QED) is 0.564. The molecule has 3 aromatic rings. The molecule has 0 saturated heterocycles. The number of carbonyl (C=O) groups excluding carboxylic acids is 1. The van der Waals surface area contributed by atoms with Crippen LogP contribution in [0.5, 0.6) is 5.75 Å². The highest BCUT2D eigenvalue weighted by Gasteiger charge is 2.24. The molecule has 0 aliphatic heterocycles. The zero-order valence-corrected chi connectivity index (χ0v) is 18.3. The minimum absolute atomic E-state index is 0.00538. The Hall–Kier alpha value is -3.18. The van der Waals surface area contributed by atoms with Crippen LogP contribution in [-0.2, 0) is 14.9 Å². The van der Waals surface area contributed by atoms with Gasteiger partial charge in [0.2, 0.25) is 0 Å². The monoisotopic (exact) mass is 449 g/mol. The van der Waals surface area contributed by atoms with Crippen LogP contribution >= 0.6 is 0 Å². The van der Waals surface area contributed by atoms with Crippen molar-refractivity contribution in [2.24, 2.45) is 0 Å². The summed E-state index contributed by atoms with van der Waals surface area (Å²) < 4.78 is 40.3. The Balaban J connectivity index is 1.68. The first-order valence-corrected chi connectivity index (χ1v) is 10.7. The number of likely N-dealkylation sites (N-methyl/N-ethyl adjacent to an activating group) is 1. The lowest BCUT2D eigenvalue weighted by atomic mass is 10.1. The average molecular weight is 449 g/mol. The van der Waals surface area contributed by atoms with Crippen molar-refractivity contribution in [3.63, 3.8) is 0 Å². The molecule has 0 radical (unpaired) electrons. The molecule has 11 heteroatoms. The van der Waals surface area contributed by atoms with Gasteiger partial charge in [-0.05, 0) is 60.9 Å². The van der Waals surface area contributed by atoms with E-state index < -0.39 is 27.9 Å². The van der Waals surface area contributed by atoms with Crippen molar-refractivity contribution in [2.75, 3.05) is 13.6 Å². The van der Waals surface area contributed by atoms with Crippen molar-refractivity contribution in [2.45, 2.75) is 37.4 Å². The minimum atomic E-state index is -4.19. The van der Waals surface area contributed by atoms with Gasteiger partial charge in [0.1, 0.15) is 21.8 Å². The highest BCUT2D eigenvalue weighted by molar-refractivity contribution is 7.87. The maximum absolute atomic E-state index is 12.6. The van der Waals surface area contributed by atoms with E-state index in [9.17, 15) is 18.3 Å². The average Bonchev–Trinajstić information content (AvgIpc) is 3.15. The molecule has 0 saturated carbocycles. The number of carbonyl (C=O) groups is 1. The number of hydrogen-bond acceptors (Lipinski definition) is 9. The first-order chi connectivity index (χ1) is 14.5. The lowest BCUT2D eigenvalue weighted by Gasteiger charge is -2.26. The zero-order chi connectivity index (χ0) is 22.8. The second-order valence-electron chi connectivity index (χ2n) is 7.87. The van der Waals surface area contributed by atoms with Gasteiger partial charge < -0.3 is 18.9 Å². The highest BCUT2D eigenvalue weighted by atomic mass is 32.2. The van der Waals surface area contributed by atoms with Gasteiger partial charge in [-0.25, -0.2) is 9.42 Å². The number of aromatic nitrogens is 2. The summed E-state index contributed by atoms with van der Waals surface area (Å²) in [6.07, 6.45) is -1.56. The van der Waals surface area contributed by atoms with E-state index in [0.717, 1.165) is 0 Å². The molecule has 0 aliphatic carbocycles. The minimum Gasteiger partial charge on any atom is -0.444 e. The van der Waals surface area contributed by atoms with Crippen LogP contribution in [0.3, 0.4) is 0 Å². The summed E-state index contributed by atoms with van der Waals surface area (Å²) in [5.41, 5.74) is 0.188. The Kier molecular flexibility index (Phi) is 6.18. The Morgan fingerprint density at radius 3 is 2.48 bits per heavy atom. The van der Waals surface area contributed by atoms with E-state index in [1.54, 1.807) is 26.8 Å². The van der Waals surface area contributed by atoms with Crippen LogP contribution in [0.15, 0.2) is 52.0 Å². The largest absolute Gasteiger partial charge is 0.444 e. The Bertz CT molecular complexity index is 1170. The van der Waals surface area contributed by atoms with E-state index in [-0.39, 0.29) is 28.2 Å². The van der Waals surface area contributed by atoms with E-state index in [1.807, 2.05) is 0 Å². The second kappa shape index (κ2) is 8.52. The third-order valence-corrected chi connectivity index (χ3v) is 5.42. The van der Waals surface area contributed by atoms with Crippen LogP contribution in [0.2, 0.25) is 0 Å². The molecular formula is C20H23N3O7S. The second-order valence-corrected chi connectivity index (χ2v) is 9.39. The van der Waals surface area contributed by atoms with Gasteiger partial charge in [0.05, 0.1) is 12.6 Å². The number of aliphatic hydroxyl groups is 1. The fourth-order valence-electron chi connectivity index (χ4n) is 2.68. The van der Waals surface area contributed by atoms with E-state index in [1.165, 1.54) is 48.3 Å². The van der Waals surface area contributed by atoms with Crippen molar-refractivity contribution in [1.29, 1.82) is 0 Å². The topological polar surface area (TPSA) is 132 Å². The predicted molar refractivity (Wildman–Crippen MR) is 110 cm³/mol. The van der Waals surface area contributed by atoms with Gasteiger partial charge in [0.15, 0.2) is 5.52 Å². The number of ether oxygens (including phenoxy) is 1. The number of fused-ring (bicyclic) bond motifs is 1. The normalized spacial score (nSPS) is 13.1. The van der Waals surface area contributed by atoms with Gasteiger partial charge in [0, 0.05) is 7.05 Å². The predicted octanol–water partition coefficient (Wildman–Crippen LogP) is 2.89. The molecule has 1 N–H and O–H groups in total.